The normalized spacial score (nSPS) is 23.7. The molecule has 2 atom stereocenters. The molecule has 3 rings (SSSR count). The van der Waals surface area contributed by atoms with Crippen LogP contribution in [0.1, 0.15) is 31.4 Å². The number of morpholine rings is 1. The second kappa shape index (κ2) is 8.44. The van der Waals surface area contributed by atoms with Gasteiger partial charge in [0.05, 0.1) is 19.3 Å². The van der Waals surface area contributed by atoms with Crippen LogP contribution < -0.4 is 5.32 Å². The van der Waals surface area contributed by atoms with E-state index in [9.17, 15) is 4.79 Å². The van der Waals surface area contributed by atoms with Gasteiger partial charge in [-0.3, -0.25) is 9.88 Å². The molecule has 1 aromatic heterocycles. The summed E-state index contributed by atoms with van der Waals surface area (Å²) in [5.41, 5.74) is 1.08. The maximum absolute atomic E-state index is 12.6. The molecule has 24 heavy (non-hydrogen) atoms. The number of aromatic nitrogens is 1. The Morgan fingerprint density at radius 3 is 2.83 bits per heavy atom. The molecule has 0 aromatic carbocycles. The molecule has 0 bridgehead atoms. The van der Waals surface area contributed by atoms with E-state index in [4.69, 9.17) is 4.74 Å². The monoisotopic (exact) mass is 332 g/mol. The summed E-state index contributed by atoms with van der Waals surface area (Å²) in [6, 6.07) is 3.94. The van der Waals surface area contributed by atoms with Crippen LogP contribution in [0.4, 0.5) is 4.79 Å². The van der Waals surface area contributed by atoms with Crippen LogP contribution in [0.15, 0.2) is 24.5 Å². The maximum Gasteiger partial charge on any atom is 0.317 e. The van der Waals surface area contributed by atoms with Crippen molar-refractivity contribution in [2.45, 2.75) is 25.8 Å². The van der Waals surface area contributed by atoms with E-state index >= 15 is 0 Å². The molecule has 0 spiro atoms. The van der Waals surface area contributed by atoms with Gasteiger partial charge in [-0.25, -0.2) is 4.79 Å². The summed E-state index contributed by atoms with van der Waals surface area (Å²) in [4.78, 5) is 21.1. The van der Waals surface area contributed by atoms with Crippen molar-refractivity contribution in [3.05, 3.63) is 30.1 Å². The van der Waals surface area contributed by atoms with Crippen LogP contribution >= 0.6 is 0 Å². The molecular formula is C18H28N4O2. The van der Waals surface area contributed by atoms with Crippen molar-refractivity contribution in [2.75, 3.05) is 45.9 Å². The van der Waals surface area contributed by atoms with Gasteiger partial charge in [-0.05, 0) is 43.4 Å². The molecule has 2 unspecified atom stereocenters. The van der Waals surface area contributed by atoms with Gasteiger partial charge in [0, 0.05) is 45.1 Å². The largest absolute Gasteiger partial charge is 0.379 e. The fourth-order valence-corrected chi connectivity index (χ4v) is 3.56. The molecule has 0 aliphatic carbocycles. The molecule has 2 amide bonds. The zero-order chi connectivity index (χ0) is 16.8. The molecule has 2 aliphatic heterocycles. The Bertz CT molecular complexity index is 519. The molecular weight excluding hydrogens is 304 g/mol. The van der Waals surface area contributed by atoms with Gasteiger partial charge in [0.2, 0.25) is 0 Å². The van der Waals surface area contributed by atoms with Crippen LogP contribution in [0.25, 0.3) is 0 Å². The fourth-order valence-electron chi connectivity index (χ4n) is 3.56. The van der Waals surface area contributed by atoms with Crippen LogP contribution in [0.5, 0.6) is 0 Å². The Morgan fingerprint density at radius 1 is 1.33 bits per heavy atom. The molecule has 6 heteroatoms. The highest BCUT2D eigenvalue weighted by Crippen LogP contribution is 2.19. The first-order valence-electron chi connectivity index (χ1n) is 8.98. The number of nitrogens with zero attached hydrogens (tertiary/aromatic N) is 3. The highest BCUT2D eigenvalue weighted by Gasteiger charge is 2.26. The van der Waals surface area contributed by atoms with E-state index in [1.807, 2.05) is 24.0 Å². The van der Waals surface area contributed by atoms with Gasteiger partial charge in [-0.1, -0.05) is 0 Å². The minimum Gasteiger partial charge on any atom is -0.379 e. The van der Waals surface area contributed by atoms with Crippen molar-refractivity contribution >= 4 is 6.03 Å². The van der Waals surface area contributed by atoms with Crippen molar-refractivity contribution in [1.82, 2.24) is 20.1 Å². The lowest BCUT2D eigenvalue weighted by molar-refractivity contribution is 0.0248. The van der Waals surface area contributed by atoms with E-state index in [1.165, 1.54) is 6.42 Å². The minimum absolute atomic E-state index is 0.000111. The molecule has 2 saturated heterocycles. The van der Waals surface area contributed by atoms with Crippen LogP contribution in [0.3, 0.4) is 0 Å². The van der Waals surface area contributed by atoms with Gasteiger partial charge < -0.3 is 15.0 Å². The summed E-state index contributed by atoms with van der Waals surface area (Å²) in [5.74, 6) is 0.568. The van der Waals surface area contributed by atoms with Crippen molar-refractivity contribution in [3.63, 3.8) is 0 Å². The molecule has 1 N–H and O–H groups in total. The predicted octanol–water partition coefficient (Wildman–Crippen LogP) is 1.90. The summed E-state index contributed by atoms with van der Waals surface area (Å²) >= 11 is 0. The first-order chi connectivity index (χ1) is 11.7. The number of likely N-dealkylation sites (tertiary alicyclic amines) is 1. The summed E-state index contributed by atoms with van der Waals surface area (Å²) < 4.78 is 5.41. The number of nitrogens with one attached hydrogen (secondary N) is 1. The van der Waals surface area contributed by atoms with Gasteiger partial charge in [0.25, 0.3) is 0 Å². The zero-order valence-electron chi connectivity index (χ0n) is 14.5. The SMILES string of the molecule is CC(NC(=O)N1CCCC(CN2CCOCC2)C1)c1ccncc1. The highest BCUT2D eigenvalue weighted by atomic mass is 16.5. The van der Waals surface area contributed by atoms with Crippen LogP contribution in [0, 0.1) is 5.92 Å². The fraction of sp³-hybridized carbons (Fsp3) is 0.667. The van der Waals surface area contributed by atoms with Gasteiger partial charge >= 0.3 is 6.03 Å². The van der Waals surface area contributed by atoms with E-state index in [0.29, 0.717) is 5.92 Å². The molecule has 2 aliphatic rings. The standard InChI is InChI=1S/C18H28N4O2/c1-15(17-4-6-19-7-5-17)20-18(23)22-8-2-3-16(14-22)13-21-9-11-24-12-10-21/h4-7,15-16H,2-3,8-14H2,1H3,(H,20,23). The Kier molecular flexibility index (Phi) is 6.04. The third kappa shape index (κ3) is 4.68. The number of carbonyl (C=O) groups excluding carboxylic acids is 1. The number of hydrogen-bond donors (Lipinski definition) is 1. The molecule has 0 saturated carbocycles. The van der Waals surface area contributed by atoms with Crippen molar-refractivity contribution < 1.29 is 9.53 Å². The van der Waals surface area contributed by atoms with Crippen LogP contribution in [-0.2, 0) is 4.74 Å². The number of carbonyl (C=O) groups is 1. The summed E-state index contributed by atoms with van der Waals surface area (Å²) in [6.45, 7) is 8.50. The predicted molar refractivity (Wildman–Crippen MR) is 92.7 cm³/mol. The number of ether oxygens (including phenoxy) is 1. The molecule has 1 aromatic rings. The number of urea groups is 1. The lowest BCUT2D eigenvalue weighted by Crippen LogP contribution is -2.49. The maximum atomic E-state index is 12.6. The molecule has 3 heterocycles. The van der Waals surface area contributed by atoms with Gasteiger partial charge in [-0.2, -0.15) is 0 Å². The topological polar surface area (TPSA) is 57.7 Å². The summed E-state index contributed by atoms with van der Waals surface area (Å²) in [6.07, 6.45) is 5.82. The van der Waals surface area contributed by atoms with Crippen molar-refractivity contribution in [1.29, 1.82) is 0 Å². The van der Waals surface area contributed by atoms with Gasteiger partial charge in [0.15, 0.2) is 0 Å². The molecule has 6 nitrogen and oxygen atoms in total. The number of amides is 2. The van der Waals surface area contributed by atoms with E-state index in [2.05, 4.69) is 15.2 Å². The molecule has 0 radical (unpaired) electrons. The Balaban J connectivity index is 1.49. The number of hydrogen-bond acceptors (Lipinski definition) is 4. The molecule has 132 valence electrons. The first-order valence-corrected chi connectivity index (χ1v) is 8.98. The smallest absolute Gasteiger partial charge is 0.317 e. The van der Waals surface area contributed by atoms with E-state index in [1.54, 1.807) is 12.4 Å². The lowest BCUT2D eigenvalue weighted by atomic mass is 9.97. The number of rotatable bonds is 4. The second-order valence-electron chi connectivity index (χ2n) is 6.82. The zero-order valence-corrected chi connectivity index (χ0v) is 14.5. The Hall–Kier alpha value is -1.66. The number of piperidine rings is 1. The van der Waals surface area contributed by atoms with Crippen molar-refractivity contribution in [2.24, 2.45) is 5.92 Å². The van der Waals surface area contributed by atoms with E-state index < -0.39 is 0 Å². The van der Waals surface area contributed by atoms with E-state index in [-0.39, 0.29) is 12.1 Å². The van der Waals surface area contributed by atoms with Crippen molar-refractivity contribution in [3.8, 4) is 0 Å². The van der Waals surface area contributed by atoms with Gasteiger partial charge in [0.1, 0.15) is 0 Å². The second-order valence-corrected chi connectivity index (χ2v) is 6.82. The Morgan fingerprint density at radius 2 is 2.08 bits per heavy atom. The summed E-state index contributed by atoms with van der Waals surface area (Å²) in [5, 5.41) is 3.12. The Labute approximate surface area is 144 Å². The number of pyridine rings is 1. The van der Waals surface area contributed by atoms with E-state index in [0.717, 1.165) is 57.9 Å². The highest BCUT2D eigenvalue weighted by molar-refractivity contribution is 5.74. The molecule has 2 fully saturated rings. The average Bonchev–Trinajstić information content (AvgIpc) is 2.63. The first kappa shape index (κ1) is 17.2. The van der Waals surface area contributed by atoms with Crippen LogP contribution in [-0.4, -0.2) is 66.8 Å². The third-order valence-electron chi connectivity index (χ3n) is 4.97. The lowest BCUT2D eigenvalue weighted by Gasteiger charge is -2.37. The third-order valence-corrected chi connectivity index (χ3v) is 4.97. The quantitative estimate of drug-likeness (QED) is 0.915. The average molecular weight is 332 g/mol. The minimum atomic E-state index is 0.000111. The van der Waals surface area contributed by atoms with Gasteiger partial charge in [-0.15, -0.1) is 0 Å². The van der Waals surface area contributed by atoms with Crippen LogP contribution in [0.2, 0.25) is 0 Å². The summed E-state index contributed by atoms with van der Waals surface area (Å²) in [7, 11) is 0.